The Bertz CT molecular complexity index is 125. The standard InChI is InChI=1S/4C3H9P.CO2.Ir/c4*1-4(2)3;2-1-3;/h4*1-3H3;;. The molecular formula is C13H36IrO2P4. The van der Waals surface area contributed by atoms with Crippen molar-refractivity contribution in [3.8, 4) is 0 Å². The predicted molar refractivity (Wildman–Crippen MR) is 104 cm³/mol. The fraction of sp³-hybridized carbons (Fsp3) is 0.923. The molecule has 0 aromatic rings. The zero-order chi connectivity index (χ0) is 17.0. The summed E-state index contributed by atoms with van der Waals surface area (Å²) in [6.45, 7) is 26.8. The van der Waals surface area contributed by atoms with Gasteiger partial charge in [0.1, 0.15) is 0 Å². The number of hydrogen-bond acceptors (Lipinski definition) is 2. The first-order chi connectivity index (χ1) is 8.34. The molecule has 0 aliphatic rings. The number of hydrogen-bond donors (Lipinski definition) is 0. The molecule has 0 aliphatic carbocycles. The van der Waals surface area contributed by atoms with E-state index in [1.54, 1.807) is 0 Å². The second-order valence-electron chi connectivity index (χ2n) is 5.45. The van der Waals surface area contributed by atoms with Gasteiger partial charge in [0.15, 0.2) is 0 Å². The first-order valence-electron chi connectivity index (χ1n) is 5.77. The Labute approximate surface area is 147 Å². The van der Waals surface area contributed by atoms with E-state index in [2.05, 4.69) is 80.0 Å². The monoisotopic (exact) mass is 541 g/mol. The van der Waals surface area contributed by atoms with Crippen molar-refractivity contribution in [3.05, 3.63) is 0 Å². The first-order valence-corrected chi connectivity index (χ1v) is 16.5. The molecule has 0 fully saturated rings. The Morgan fingerprint density at radius 2 is 0.450 bits per heavy atom. The Morgan fingerprint density at radius 3 is 0.450 bits per heavy atom. The van der Waals surface area contributed by atoms with Crippen molar-refractivity contribution in [2.24, 2.45) is 0 Å². The minimum atomic E-state index is 0. The van der Waals surface area contributed by atoms with Crippen LogP contribution in [0.4, 0.5) is 0 Å². The van der Waals surface area contributed by atoms with Crippen molar-refractivity contribution in [2.45, 2.75) is 0 Å². The van der Waals surface area contributed by atoms with Crippen LogP contribution in [0.25, 0.3) is 0 Å². The van der Waals surface area contributed by atoms with Crippen LogP contribution in [0.15, 0.2) is 0 Å². The summed E-state index contributed by atoms with van der Waals surface area (Å²) >= 11 is 0. The topological polar surface area (TPSA) is 34.1 Å². The van der Waals surface area contributed by atoms with Crippen molar-refractivity contribution in [1.29, 1.82) is 0 Å². The van der Waals surface area contributed by atoms with Crippen molar-refractivity contribution in [3.63, 3.8) is 0 Å². The third-order valence-corrected chi connectivity index (χ3v) is 0. The Hall–Kier alpha value is 1.75. The van der Waals surface area contributed by atoms with Gasteiger partial charge in [0, 0.05) is 20.1 Å². The van der Waals surface area contributed by atoms with E-state index >= 15 is 0 Å². The van der Waals surface area contributed by atoms with Crippen LogP contribution in [-0.2, 0) is 29.7 Å². The molecule has 0 heterocycles. The van der Waals surface area contributed by atoms with Crippen LogP contribution in [0.3, 0.4) is 0 Å². The molecule has 0 saturated heterocycles. The summed E-state index contributed by atoms with van der Waals surface area (Å²) in [7, 11) is 1.52. The fourth-order valence-electron chi connectivity index (χ4n) is 0. The molecule has 0 amide bonds. The molecule has 2 nitrogen and oxygen atoms in total. The van der Waals surface area contributed by atoms with E-state index in [-0.39, 0.29) is 26.3 Å². The quantitative estimate of drug-likeness (QED) is 0.412. The zero-order valence-corrected chi connectivity index (χ0v) is 21.4. The van der Waals surface area contributed by atoms with E-state index < -0.39 is 0 Å². The average molecular weight is 541 g/mol. The number of rotatable bonds is 0. The summed E-state index contributed by atoms with van der Waals surface area (Å²) in [6.07, 6.45) is 0.250. The zero-order valence-electron chi connectivity index (χ0n) is 15.4. The van der Waals surface area contributed by atoms with Gasteiger partial charge in [-0.1, -0.05) is 0 Å². The second kappa shape index (κ2) is 37.2. The Kier molecular flexibility index (Phi) is 70.2. The van der Waals surface area contributed by atoms with Gasteiger partial charge in [0.25, 0.3) is 0 Å². The minimum absolute atomic E-state index is 0. The van der Waals surface area contributed by atoms with Crippen molar-refractivity contribution in [2.75, 3.05) is 80.0 Å². The molecule has 0 unspecified atom stereocenters. The summed E-state index contributed by atoms with van der Waals surface area (Å²) in [5.41, 5.74) is 0. The van der Waals surface area contributed by atoms with Gasteiger partial charge in [-0.3, -0.25) is 0 Å². The number of carbonyl (C=O) groups excluding carboxylic acids is 2. The maximum atomic E-state index is 8.12. The van der Waals surface area contributed by atoms with Gasteiger partial charge in [-0.25, -0.2) is 0 Å². The molecule has 1 radical (unpaired) electrons. The van der Waals surface area contributed by atoms with Crippen LogP contribution in [0.2, 0.25) is 0 Å². The summed E-state index contributed by atoms with van der Waals surface area (Å²) in [5.74, 6) is 0. The van der Waals surface area contributed by atoms with Gasteiger partial charge >= 0.3 is 6.15 Å². The molecule has 0 bridgehead atoms. The maximum absolute atomic E-state index is 8.12. The molecule has 0 atom stereocenters. The fourth-order valence-corrected chi connectivity index (χ4v) is 0. The third kappa shape index (κ3) is 2270. The molecule has 0 aromatic carbocycles. The van der Waals surface area contributed by atoms with Crippen LogP contribution >= 0.6 is 31.7 Å². The van der Waals surface area contributed by atoms with Crippen molar-refractivity contribution >= 4 is 37.8 Å². The largest absolute Gasteiger partial charge is 0.373 e. The first kappa shape index (κ1) is 37.8. The van der Waals surface area contributed by atoms with Crippen molar-refractivity contribution < 1.29 is 29.7 Å². The summed E-state index contributed by atoms with van der Waals surface area (Å²) in [6, 6.07) is 0. The summed E-state index contributed by atoms with van der Waals surface area (Å²) in [4.78, 5) is 16.2. The Balaban J connectivity index is -0.0000000304. The molecule has 20 heavy (non-hydrogen) atoms. The third-order valence-electron chi connectivity index (χ3n) is 0. The van der Waals surface area contributed by atoms with Gasteiger partial charge in [-0.15, -0.1) is 31.7 Å². The van der Waals surface area contributed by atoms with E-state index in [1.807, 2.05) is 0 Å². The molecule has 0 spiro atoms. The van der Waals surface area contributed by atoms with Crippen LogP contribution in [0, 0.1) is 0 Å². The van der Waals surface area contributed by atoms with Gasteiger partial charge < -0.3 is 0 Å². The molecular weight excluding hydrogens is 504 g/mol. The molecule has 0 rings (SSSR count). The van der Waals surface area contributed by atoms with E-state index in [0.29, 0.717) is 31.7 Å². The molecule has 0 aliphatic heterocycles. The SMILES string of the molecule is CP(C)C.CP(C)C.CP(C)C.CP(C)C.O=C=O.[Ir]. The molecule has 0 aromatic heterocycles. The van der Waals surface area contributed by atoms with E-state index in [4.69, 9.17) is 9.59 Å². The summed E-state index contributed by atoms with van der Waals surface area (Å²) in [5, 5.41) is 0. The van der Waals surface area contributed by atoms with E-state index in [9.17, 15) is 0 Å². The second-order valence-corrected chi connectivity index (χ2v) is 16.2. The van der Waals surface area contributed by atoms with Gasteiger partial charge in [0.05, 0.1) is 0 Å². The van der Waals surface area contributed by atoms with Crippen LogP contribution in [0.5, 0.6) is 0 Å². The van der Waals surface area contributed by atoms with Crippen molar-refractivity contribution in [1.82, 2.24) is 0 Å². The molecule has 0 N–H and O–H groups in total. The van der Waals surface area contributed by atoms with E-state index in [1.165, 1.54) is 0 Å². The summed E-state index contributed by atoms with van der Waals surface area (Å²) < 4.78 is 0. The maximum Gasteiger partial charge on any atom is 0.373 e. The molecule has 7 heteroatoms. The minimum Gasteiger partial charge on any atom is -0.186 e. The van der Waals surface area contributed by atoms with E-state index in [0.717, 1.165) is 0 Å². The molecule has 0 saturated carbocycles. The Morgan fingerprint density at radius 1 is 0.450 bits per heavy atom. The predicted octanol–water partition coefficient (Wildman–Crippen LogP) is 4.84. The van der Waals surface area contributed by atoms with Crippen LogP contribution < -0.4 is 0 Å². The van der Waals surface area contributed by atoms with Gasteiger partial charge in [0.2, 0.25) is 0 Å². The average Bonchev–Trinajstić information content (AvgIpc) is 1.97. The smallest absolute Gasteiger partial charge is 0.186 e. The van der Waals surface area contributed by atoms with Gasteiger partial charge in [-0.05, 0) is 80.0 Å². The van der Waals surface area contributed by atoms with Crippen LogP contribution in [-0.4, -0.2) is 86.1 Å². The molecule has 129 valence electrons. The normalized spacial score (nSPS) is 7.60. The van der Waals surface area contributed by atoms with Crippen LogP contribution in [0.1, 0.15) is 0 Å². The van der Waals surface area contributed by atoms with Gasteiger partial charge in [-0.2, -0.15) is 9.59 Å².